The number of hydrogen-bond donors (Lipinski definition) is 1. The minimum Gasteiger partial charge on any atom is -0.436 e. The van der Waals surface area contributed by atoms with Gasteiger partial charge in [-0.1, -0.05) is 49.6 Å². The SMILES string of the molecule is N#C/C(=C\c1c(Oc2nc(Cl)ncc2F)ccc2ccccc12)C(=O)NC1CCCCC1. The molecule has 0 radical (unpaired) electrons. The van der Waals surface area contributed by atoms with Gasteiger partial charge < -0.3 is 10.1 Å². The van der Waals surface area contributed by atoms with Crippen molar-refractivity contribution in [3.8, 4) is 17.7 Å². The fraction of sp³-hybridized carbons (Fsp3) is 0.250. The Morgan fingerprint density at radius 1 is 1.22 bits per heavy atom. The van der Waals surface area contributed by atoms with E-state index in [1.807, 2.05) is 30.3 Å². The summed E-state index contributed by atoms with van der Waals surface area (Å²) in [6.07, 6.45) is 7.47. The lowest BCUT2D eigenvalue weighted by atomic mass is 9.95. The van der Waals surface area contributed by atoms with Gasteiger partial charge in [-0.25, -0.2) is 4.98 Å². The number of nitrogens with one attached hydrogen (secondary N) is 1. The number of benzene rings is 2. The molecule has 1 saturated carbocycles. The van der Waals surface area contributed by atoms with Gasteiger partial charge in [0.25, 0.3) is 11.8 Å². The topological polar surface area (TPSA) is 87.9 Å². The highest BCUT2D eigenvalue weighted by molar-refractivity contribution is 6.28. The molecule has 2 aromatic carbocycles. The molecular weight excluding hydrogens is 431 g/mol. The Kier molecular flexibility index (Phi) is 6.62. The molecule has 1 amide bonds. The van der Waals surface area contributed by atoms with E-state index in [1.54, 1.807) is 12.1 Å². The molecule has 0 spiro atoms. The Bertz CT molecular complexity index is 1230. The van der Waals surface area contributed by atoms with Gasteiger partial charge in [-0.3, -0.25) is 4.79 Å². The smallest absolute Gasteiger partial charge is 0.262 e. The summed E-state index contributed by atoms with van der Waals surface area (Å²) in [6, 6.07) is 12.9. The first-order valence-corrected chi connectivity index (χ1v) is 10.7. The largest absolute Gasteiger partial charge is 0.436 e. The van der Waals surface area contributed by atoms with Gasteiger partial charge in [0.05, 0.1) is 6.20 Å². The molecule has 1 N–H and O–H groups in total. The molecule has 0 saturated heterocycles. The van der Waals surface area contributed by atoms with Gasteiger partial charge in [0.1, 0.15) is 17.4 Å². The molecule has 1 aromatic heterocycles. The molecule has 32 heavy (non-hydrogen) atoms. The number of ether oxygens (including phenoxy) is 1. The zero-order valence-electron chi connectivity index (χ0n) is 17.1. The standard InChI is InChI=1S/C24H20ClFN4O2/c25-24-28-14-20(26)23(30-24)32-21-11-10-15-6-4-5-9-18(15)19(21)12-16(13-27)22(31)29-17-7-2-1-3-8-17/h4-6,9-12,14,17H,1-3,7-8H2,(H,29,31)/b16-12+. The van der Waals surface area contributed by atoms with Gasteiger partial charge in [-0.15, -0.1) is 0 Å². The van der Waals surface area contributed by atoms with Gasteiger partial charge >= 0.3 is 0 Å². The maximum absolute atomic E-state index is 14.2. The second kappa shape index (κ2) is 9.75. The zero-order chi connectivity index (χ0) is 22.5. The molecule has 1 aliphatic carbocycles. The number of rotatable bonds is 5. The van der Waals surface area contributed by atoms with Crippen molar-refractivity contribution >= 4 is 34.4 Å². The van der Waals surface area contributed by atoms with Gasteiger partial charge in [0.15, 0.2) is 0 Å². The van der Waals surface area contributed by atoms with Gasteiger partial charge in [0, 0.05) is 11.6 Å². The van der Waals surface area contributed by atoms with E-state index >= 15 is 0 Å². The van der Waals surface area contributed by atoms with Crippen LogP contribution in [0.1, 0.15) is 37.7 Å². The first kappa shape index (κ1) is 21.7. The van der Waals surface area contributed by atoms with Crippen LogP contribution in [0.2, 0.25) is 5.28 Å². The van der Waals surface area contributed by atoms with Gasteiger partial charge in [-0.2, -0.15) is 14.6 Å². The number of carbonyl (C=O) groups excluding carboxylic acids is 1. The first-order valence-electron chi connectivity index (χ1n) is 10.4. The number of amides is 1. The molecule has 0 aliphatic heterocycles. The monoisotopic (exact) mass is 450 g/mol. The van der Waals surface area contributed by atoms with Crippen LogP contribution in [-0.2, 0) is 4.79 Å². The Morgan fingerprint density at radius 2 is 2.00 bits per heavy atom. The van der Waals surface area contributed by atoms with Crippen molar-refractivity contribution in [1.82, 2.24) is 15.3 Å². The summed E-state index contributed by atoms with van der Waals surface area (Å²) in [5, 5.41) is 14.1. The average molecular weight is 451 g/mol. The molecule has 8 heteroatoms. The van der Waals surface area contributed by atoms with Crippen molar-refractivity contribution in [3.63, 3.8) is 0 Å². The molecule has 0 bridgehead atoms. The summed E-state index contributed by atoms with van der Waals surface area (Å²) in [4.78, 5) is 20.2. The molecule has 6 nitrogen and oxygen atoms in total. The highest BCUT2D eigenvalue weighted by Gasteiger charge is 2.20. The quantitative estimate of drug-likeness (QED) is 0.312. The summed E-state index contributed by atoms with van der Waals surface area (Å²) in [7, 11) is 0. The van der Waals surface area contributed by atoms with Crippen LogP contribution in [0.25, 0.3) is 16.8 Å². The lowest BCUT2D eigenvalue weighted by Gasteiger charge is -2.22. The number of halogens is 2. The third kappa shape index (κ3) is 4.87. The minimum atomic E-state index is -0.784. The predicted octanol–water partition coefficient (Wildman–Crippen LogP) is 5.57. The van der Waals surface area contributed by atoms with E-state index in [4.69, 9.17) is 16.3 Å². The second-order valence-electron chi connectivity index (χ2n) is 7.57. The zero-order valence-corrected chi connectivity index (χ0v) is 17.9. The van der Waals surface area contributed by atoms with Crippen molar-refractivity contribution in [2.24, 2.45) is 0 Å². The normalized spacial score (nSPS) is 14.7. The minimum absolute atomic E-state index is 0.0574. The number of carbonyl (C=O) groups is 1. The van der Waals surface area contributed by atoms with E-state index in [-0.39, 0.29) is 28.5 Å². The number of fused-ring (bicyclic) bond motifs is 1. The van der Waals surface area contributed by atoms with E-state index in [9.17, 15) is 14.4 Å². The van der Waals surface area contributed by atoms with Crippen molar-refractivity contribution in [2.45, 2.75) is 38.1 Å². The molecule has 0 atom stereocenters. The maximum Gasteiger partial charge on any atom is 0.262 e. The molecule has 3 aromatic rings. The van der Waals surface area contributed by atoms with Crippen LogP contribution in [-0.4, -0.2) is 21.9 Å². The fourth-order valence-electron chi connectivity index (χ4n) is 3.82. The third-order valence-electron chi connectivity index (χ3n) is 5.41. The Balaban J connectivity index is 1.75. The molecule has 162 valence electrons. The summed E-state index contributed by atoms with van der Waals surface area (Å²) in [6.45, 7) is 0. The Morgan fingerprint density at radius 3 is 2.78 bits per heavy atom. The molecule has 1 heterocycles. The van der Waals surface area contributed by atoms with Crippen LogP contribution in [0.15, 0.2) is 48.2 Å². The van der Waals surface area contributed by atoms with Crippen molar-refractivity contribution in [3.05, 3.63) is 64.8 Å². The highest BCUT2D eigenvalue weighted by atomic mass is 35.5. The number of aromatic nitrogens is 2. The maximum atomic E-state index is 14.2. The van der Waals surface area contributed by atoms with Crippen LogP contribution in [0.5, 0.6) is 11.6 Å². The van der Waals surface area contributed by atoms with Crippen molar-refractivity contribution in [1.29, 1.82) is 5.26 Å². The molecular formula is C24H20ClFN4O2. The fourth-order valence-corrected chi connectivity index (χ4v) is 3.95. The van der Waals surface area contributed by atoms with Crippen LogP contribution in [0.3, 0.4) is 0 Å². The van der Waals surface area contributed by atoms with E-state index in [1.165, 1.54) is 6.08 Å². The first-order chi connectivity index (χ1) is 15.5. The molecule has 4 rings (SSSR count). The summed E-state index contributed by atoms with van der Waals surface area (Å²) >= 11 is 5.78. The van der Waals surface area contributed by atoms with Crippen molar-refractivity contribution in [2.75, 3.05) is 0 Å². The summed E-state index contributed by atoms with van der Waals surface area (Å²) in [5.41, 5.74) is 0.408. The van der Waals surface area contributed by atoms with Crippen LogP contribution < -0.4 is 10.1 Å². The van der Waals surface area contributed by atoms with E-state index in [0.717, 1.165) is 49.1 Å². The van der Waals surface area contributed by atoms with E-state index in [0.29, 0.717) is 5.56 Å². The predicted molar refractivity (Wildman–Crippen MR) is 120 cm³/mol. The second-order valence-corrected chi connectivity index (χ2v) is 7.91. The lowest BCUT2D eigenvalue weighted by molar-refractivity contribution is -0.117. The molecule has 0 unspecified atom stereocenters. The third-order valence-corrected chi connectivity index (χ3v) is 5.60. The average Bonchev–Trinajstić information content (AvgIpc) is 2.81. The van der Waals surface area contributed by atoms with E-state index < -0.39 is 11.7 Å². The lowest BCUT2D eigenvalue weighted by Crippen LogP contribution is -2.36. The number of nitriles is 1. The van der Waals surface area contributed by atoms with Crippen LogP contribution >= 0.6 is 11.6 Å². The van der Waals surface area contributed by atoms with Gasteiger partial charge in [-0.05, 0) is 47.4 Å². The molecule has 1 fully saturated rings. The van der Waals surface area contributed by atoms with Crippen LogP contribution in [0, 0.1) is 17.1 Å². The Hall–Kier alpha value is -3.50. The van der Waals surface area contributed by atoms with E-state index in [2.05, 4.69) is 15.3 Å². The Labute approximate surface area is 189 Å². The number of hydrogen-bond acceptors (Lipinski definition) is 5. The van der Waals surface area contributed by atoms with Crippen molar-refractivity contribution < 1.29 is 13.9 Å². The number of nitrogens with zero attached hydrogens (tertiary/aromatic N) is 3. The van der Waals surface area contributed by atoms with Crippen LogP contribution in [0.4, 0.5) is 4.39 Å². The van der Waals surface area contributed by atoms with Gasteiger partial charge in [0.2, 0.25) is 11.1 Å². The molecule has 1 aliphatic rings. The summed E-state index contributed by atoms with van der Waals surface area (Å²) < 4.78 is 19.9. The highest BCUT2D eigenvalue weighted by Crippen LogP contribution is 2.34. The summed E-state index contributed by atoms with van der Waals surface area (Å²) in [5.74, 6) is -1.33.